The van der Waals surface area contributed by atoms with Gasteiger partial charge < -0.3 is 5.32 Å². The van der Waals surface area contributed by atoms with Crippen LogP contribution in [-0.4, -0.2) is 5.91 Å². The van der Waals surface area contributed by atoms with Gasteiger partial charge in [-0.05, 0) is 25.0 Å². The van der Waals surface area contributed by atoms with E-state index in [1.165, 1.54) is 0 Å². The van der Waals surface area contributed by atoms with Crippen LogP contribution < -0.4 is 9.88 Å². The zero-order valence-electron chi connectivity index (χ0n) is 11.3. The minimum atomic E-state index is -0.0106. The number of aromatic nitrogens is 1. The molecule has 0 unspecified atom stereocenters. The van der Waals surface area contributed by atoms with Crippen LogP contribution >= 0.6 is 0 Å². The van der Waals surface area contributed by atoms with Crippen molar-refractivity contribution in [3.8, 4) is 0 Å². The average molecular weight is 330 g/mol. The number of carbonyl (C=O) groups is 1. The standard InChI is InChI=1S/C15H16N2O.Y/c1-12-7-6-8-13(2)15(12)16-14(18)11-17-9-4-3-5-10-17;/h3-10H,11H2,1-2H3;/p+1. The van der Waals surface area contributed by atoms with Gasteiger partial charge in [-0.15, -0.1) is 0 Å². The first-order chi connectivity index (χ1) is 8.66. The number of carbonyl (C=O) groups excluding carboxylic acids is 1. The van der Waals surface area contributed by atoms with Crippen molar-refractivity contribution >= 4 is 11.6 Å². The number of aryl methyl sites for hydroxylation is 2. The predicted molar refractivity (Wildman–Crippen MR) is 71.2 cm³/mol. The monoisotopic (exact) mass is 330 g/mol. The first-order valence-corrected chi connectivity index (χ1v) is 5.97. The molecular weight excluding hydrogens is 313 g/mol. The van der Waals surface area contributed by atoms with Gasteiger partial charge in [0.25, 0.3) is 5.91 Å². The fraction of sp³-hybridized carbons (Fsp3) is 0.200. The van der Waals surface area contributed by atoms with Crippen molar-refractivity contribution in [1.82, 2.24) is 0 Å². The molecule has 0 aliphatic carbocycles. The van der Waals surface area contributed by atoms with Crippen LogP contribution in [0.5, 0.6) is 0 Å². The van der Waals surface area contributed by atoms with Crippen molar-refractivity contribution in [2.75, 3.05) is 5.32 Å². The van der Waals surface area contributed by atoms with E-state index < -0.39 is 0 Å². The van der Waals surface area contributed by atoms with Gasteiger partial charge in [-0.2, -0.15) is 4.57 Å². The van der Waals surface area contributed by atoms with E-state index in [0.29, 0.717) is 6.54 Å². The Hall–Kier alpha value is -1.06. The first-order valence-electron chi connectivity index (χ1n) is 5.97. The van der Waals surface area contributed by atoms with Crippen LogP contribution in [0.3, 0.4) is 0 Å². The van der Waals surface area contributed by atoms with Gasteiger partial charge in [-0.1, -0.05) is 24.3 Å². The van der Waals surface area contributed by atoms with Crippen molar-refractivity contribution in [3.05, 3.63) is 59.9 Å². The molecule has 1 N–H and O–H groups in total. The van der Waals surface area contributed by atoms with Crippen molar-refractivity contribution in [2.24, 2.45) is 0 Å². The molecular formula is C15H17N2OY+. The zero-order valence-corrected chi connectivity index (χ0v) is 14.1. The molecule has 2 aromatic rings. The molecule has 0 aliphatic heterocycles. The molecule has 1 aromatic heterocycles. The van der Waals surface area contributed by atoms with Gasteiger partial charge in [0.05, 0.1) is 0 Å². The number of nitrogens with zero attached hydrogens (tertiary/aromatic N) is 1. The fourth-order valence-electron chi connectivity index (χ4n) is 1.90. The van der Waals surface area contributed by atoms with E-state index in [0.717, 1.165) is 16.8 Å². The minimum absolute atomic E-state index is 0. The number of pyridine rings is 1. The van der Waals surface area contributed by atoms with Crippen molar-refractivity contribution < 1.29 is 42.1 Å². The van der Waals surface area contributed by atoms with Crippen LogP contribution in [-0.2, 0) is 44.0 Å². The molecule has 1 heterocycles. The maximum atomic E-state index is 12.0. The molecule has 0 spiro atoms. The summed E-state index contributed by atoms with van der Waals surface area (Å²) >= 11 is 0. The van der Waals surface area contributed by atoms with Crippen LogP contribution in [0, 0.1) is 13.8 Å². The third-order valence-electron chi connectivity index (χ3n) is 2.85. The second-order valence-corrected chi connectivity index (χ2v) is 4.36. The van der Waals surface area contributed by atoms with E-state index in [1.54, 1.807) is 0 Å². The summed E-state index contributed by atoms with van der Waals surface area (Å²) in [4.78, 5) is 12.0. The second-order valence-electron chi connectivity index (χ2n) is 4.36. The van der Waals surface area contributed by atoms with Gasteiger partial charge in [-0.3, -0.25) is 4.79 Å². The van der Waals surface area contributed by atoms with Crippen LogP contribution in [0.2, 0.25) is 0 Å². The summed E-state index contributed by atoms with van der Waals surface area (Å²) in [5.74, 6) is -0.0106. The first kappa shape index (κ1) is 16.0. The molecule has 0 saturated heterocycles. The summed E-state index contributed by atoms with van der Waals surface area (Å²) in [6, 6.07) is 11.7. The quantitative estimate of drug-likeness (QED) is 0.860. The maximum absolute atomic E-state index is 12.0. The van der Waals surface area contributed by atoms with E-state index in [1.807, 2.05) is 67.2 Å². The molecule has 4 heteroatoms. The molecule has 1 radical (unpaired) electrons. The fourth-order valence-corrected chi connectivity index (χ4v) is 1.90. The minimum Gasteiger partial charge on any atom is -0.320 e. The molecule has 0 fully saturated rings. The third kappa shape index (κ3) is 4.52. The Bertz CT molecular complexity index is 535. The average Bonchev–Trinajstić information content (AvgIpc) is 2.35. The number of nitrogens with one attached hydrogen (secondary N) is 1. The van der Waals surface area contributed by atoms with Crippen molar-refractivity contribution in [2.45, 2.75) is 20.4 Å². The summed E-state index contributed by atoms with van der Waals surface area (Å²) in [6.07, 6.45) is 3.76. The predicted octanol–water partition coefficient (Wildman–Crippen LogP) is 2.23. The van der Waals surface area contributed by atoms with Crippen LogP contribution in [0.15, 0.2) is 48.8 Å². The van der Waals surface area contributed by atoms with Gasteiger partial charge in [0.2, 0.25) is 6.54 Å². The summed E-state index contributed by atoms with van der Waals surface area (Å²) in [6.45, 7) is 4.32. The van der Waals surface area contributed by atoms with E-state index in [9.17, 15) is 4.79 Å². The zero-order chi connectivity index (χ0) is 13.0. The Morgan fingerprint density at radius 2 is 1.63 bits per heavy atom. The van der Waals surface area contributed by atoms with E-state index in [2.05, 4.69) is 5.32 Å². The largest absolute Gasteiger partial charge is 0.320 e. The van der Waals surface area contributed by atoms with Gasteiger partial charge in [0.1, 0.15) is 0 Å². The molecule has 0 saturated carbocycles. The molecule has 0 aliphatic rings. The number of rotatable bonds is 3. The van der Waals surface area contributed by atoms with Crippen LogP contribution in [0.25, 0.3) is 0 Å². The van der Waals surface area contributed by atoms with E-state index in [4.69, 9.17) is 0 Å². The number of anilines is 1. The Labute approximate surface area is 138 Å². The summed E-state index contributed by atoms with van der Waals surface area (Å²) < 4.78 is 1.85. The molecule has 3 nitrogen and oxygen atoms in total. The maximum Gasteiger partial charge on any atom is 0.290 e. The van der Waals surface area contributed by atoms with Crippen molar-refractivity contribution in [3.63, 3.8) is 0 Å². The summed E-state index contributed by atoms with van der Waals surface area (Å²) in [7, 11) is 0. The molecule has 0 bridgehead atoms. The Kier molecular flexibility index (Phi) is 6.33. The number of hydrogen-bond acceptors (Lipinski definition) is 1. The Morgan fingerprint density at radius 3 is 2.21 bits per heavy atom. The number of benzene rings is 1. The smallest absolute Gasteiger partial charge is 0.290 e. The Morgan fingerprint density at radius 1 is 1.05 bits per heavy atom. The number of hydrogen-bond donors (Lipinski definition) is 1. The normalized spacial score (nSPS) is 9.58. The van der Waals surface area contributed by atoms with Gasteiger partial charge >= 0.3 is 0 Å². The third-order valence-corrected chi connectivity index (χ3v) is 2.85. The van der Waals surface area contributed by atoms with Crippen molar-refractivity contribution in [1.29, 1.82) is 0 Å². The molecule has 1 amide bonds. The molecule has 0 atom stereocenters. The molecule has 19 heavy (non-hydrogen) atoms. The van der Waals surface area contributed by atoms with Gasteiger partial charge in [0, 0.05) is 50.5 Å². The van der Waals surface area contributed by atoms with Crippen LogP contribution in [0.1, 0.15) is 11.1 Å². The second kappa shape index (κ2) is 7.51. The van der Waals surface area contributed by atoms with Gasteiger partial charge in [-0.25, -0.2) is 0 Å². The molecule has 95 valence electrons. The topological polar surface area (TPSA) is 33.0 Å². The van der Waals surface area contributed by atoms with E-state index in [-0.39, 0.29) is 38.6 Å². The SMILES string of the molecule is Cc1cccc(C)c1NC(=O)C[n+]1ccccc1.[Y]. The number of amides is 1. The van der Waals surface area contributed by atoms with Gasteiger partial charge in [0.15, 0.2) is 12.4 Å². The molecule has 1 aromatic carbocycles. The molecule has 2 rings (SSSR count). The summed E-state index contributed by atoms with van der Waals surface area (Å²) in [5, 5.41) is 2.97. The number of para-hydroxylation sites is 1. The summed E-state index contributed by atoms with van der Waals surface area (Å²) in [5.41, 5.74) is 3.09. The van der Waals surface area contributed by atoms with Crippen LogP contribution in [0.4, 0.5) is 5.69 Å². The Balaban J connectivity index is 0.00000180. The van der Waals surface area contributed by atoms with E-state index >= 15 is 0 Å².